The van der Waals surface area contributed by atoms with Crippen LogP contribution < -0.4 is 10.4 Å². The third kappa shape index (κ3) is 5.34. The van der Waals surface area contributed by atoms with Crippen LogP contribution in [-0.2, 0) is 4.74 Å². The fourth-order valence-corrected chi connectivity index (χ4v) is 2.70. The molecule has 1 aromatic carbocycles. The third-order valence-corrected chi connectivity index (χ3v) is 3.86. The summed E-state index contributed by atoms with van der Waals surface area (Å²) in [5, 5.41) is 2.40. The average molecular weight is 310 g/mol. The molecule has 1 aliphatic rings. The zero-order valence-electron chi connectivity index (χ0n) is 12.7. The van der Waals surface area contributed by atoms with Gasteiger partial charge in [-0.15, -0.1) is 13.2 Å². The van der Waals surface area contributed by atoms with Crippen LogP contribution in [-0.4, -0.2) is 13.0 Å². The molecule has 22 heavy (non-hydrogen) atoms. The monoisotopic (exact) mass is 310 g/mol. The summed E-state index contributed by atoms with van der Waals surface area (Å²) in [7, 11) is 0. The molecule has 0 fully saturated rings. The van der Waals surface area contributed by atoms with E-state index in [1.165, 1.54) is 10.4 Å². The summed E-state index contributed by atoms with van der Waals surface area (Å²) < 4.78 is 39.4. The predicted octanol–water partition coefficient (Wildman–Crippen LogP) is 3.92. The Morgan fingerprint density at radius 1 is 1.05 bits per heavy atom. The van der Waals surface area contributed by atoms with Gasteiger partial charge in [0.05, 0.1) is 6.61 Å². The van der Waals surface area contributed by atoms with Gasteiger partial charge in [0.2, 0.25) is 0 Å². The fraction of sp³-hybridized carbons (Fsp3) is 0.444. The molecule has 1 nitrogen and oxygen atoms in total. The predicted molar refractivity (Wildman–Crippen MR) is 82.3 cm³/mol. The van der Waals surface area contributed by atoms with E-state index in [4.69, 9.17) is 0 Å². The van der Waals surface area contributed by atoms with Crippen molar-refractivity contribution in [1.29, 1.82) is 0 Å². The molecule has 0 heterocycles. The van der Waals surface area contributed by atoms with Crippen LogP contribution in [0.5, 0.6) is 0 Å². The van der Waals surface area contributed by atoms with Gasteiger partial charge in [-0.2, -0.15) is 0 Å². The summed E-state index contributed by atoms with van der Waals surface area (Å²) in [6.45, 7) is 1.90. The van der Waals surface area contributed by atoms with Crippen molar-refractivity contribution in [3.05, 3.63) is 46.9 Å². The van der Waals surface area contributed by atoms with Crippen LogP contribution in [0.25, 0.3) is 12.2 Å². The van der Waals surface area contributed by atoms with E-state index in [9.17, 15) is 13.2 Å². The zero-order chi connectivity index (χ0) is 16.1. The van der Waals surface area contributed by atoms with E-state index in [1.807, 2.05) is 12.1 Å². The van der Waals surface area contributed by atoms with E-state index in [0.717, 1.165) is 19.3 Å². The lowest BCUT2D eigenvalue weighted by molar-refractivity contribution is -0.324. The van der Waals surface area contributed by atoms with E-state index in [0.29, 0.717) is 6.42 Å². The summed E-state index contributed by atoms with van der Waals surface area (Å²) in [5.41, 5.74) is -0.0615. The van der Waals surface area contributed by atoms with E-state index >= 15 is 0 Å². The van der Waals surface area contributed by atoms with Crippen LogP contribution in [0, 0.1) is 5.41 Å². The lowest BCUT2D eigenvalue weighted by Crippen LogP contribution is -2.25. The van der Waals surface area contributed by atoms with E-state index in [2.05, 4.69) is 48.1 Å². The van der Waals surface area contributed by atoms with Crippen molar-refractivity contribution >= 4 is 12.2 Å². The number of allylic oxidation sites excluding steroid dienone is 2. The molecule has 0 N–H and O–H groups in total. The molecule has 0 saturated carbocycles. The minimum atomic E-state index is -4.51. The number of unbranched alkanes of at least 4 members (excludes halogenated alkanes) is 2. The second kappa shape index (κ2) is 7.14. The fourth-order valence-electron chi connectivity index (χ4n) is 2.70. The molecule has 0 saturated heterocycles. The maximum Gasteiger partial charge on any atom is 0.522 e. The Hall–Kier alpha value is -1.55. The normalized spacial score (nSPS) is 20.7. The first kappa shape index (κ1) is 16.8. The summed E-state index contributed by atoms with van der Waals surface area (Å²) in [6, 6.07) is 8.20. The van der Waals surface area contributed by atoms with Crippen molar-refractivity contribution in [3.8, 4) is 0 Å². The molecule has 2 rings (SSSR count). The van der Waals surface area contributed by atoms with Crippen molar-refractivity contribution in [2.24, 2.45) is 5.41 Å². The van der Waals surface area contributed by atoms with Crippen molar-refractivity contribution in [3.63, 3.8) is 0 Å². The quantitative estimate of drug-likeness (QED) is 0.724. The molecule has 1 unspecified atom stereocenters. The van der Waals surface area contributed by atoms with Gasteiger partial charge in [0.15, 0.2) is 0 Å². The number of rotatable bonds is 6. The number of benzene rings is 1. The number of ether oxygens (including phenoxy) is 1. The van der Waals surface area contributed by atoms with Gasteiger partial charge in [0, 0.05) is 5.41 Å². The van der Waals surface area contributed by atoms with Crippen LogP contribution >= 0.6 is 0 Å². The van der Waals surface area contributed by atoms with Gasteiger partial charge >= 0.3 is 6.36 Å². The lowest BCUT2D eigenvalue weighted by atomic mass is 9.83. The molecule has 1 aliphatic carbocycles. The maximum atomic E-state index is 11.9. The van der Waals surface area contributed by atoms with Crippen molar-refractivity contribution < 1.29 is 17.9 Å². The van der Waals surface area contributed by atoms with Gasteiger partial charge in [0.25, 0.3) is 0 Å². The summed E-state index contributed by atoms with van der Waals surface area (Å²) in [4.78, 5) is 0. The van der Waals surface area contributed by atoms with Gasteiger partial charge in [-0.05, 0) is 23.3 Å². The van der Waals surface area contributed by atoms with Gasteiger partial charge in [0.1, 0.15) is 0 Å². The average Bonchev–Trinajstić information content (AvgIpc) is 2.60. The molecule has 0 spiro atoms. The number of alkyl halides is 3. The number of hydrogen-bond donors (Lipinski definition) is 0. The van der Waals surface area contributed by atoms with Crippen molar-refractivity contribution in [2.45, 2.75) is 39.0 Å². The molecule has 0 aromatic heterocycles. The Morgan fingerprint density at radius 2 is 1.77 bits per heavy atom. The smallest absolute Gasteiger partial charge is 0.292 e. The molecule has 0 bridgehead atoms. The van der Waals surface area contributed by atoms with Gasteiger partial charge in [-0.25, -0.2) is 0 Å². The standard InChI is InChI=1S/C18H21F3O/c1-17(11-5-2-6-13-22-18(19,20)21)12-7-10-15-8-3-4-9-16(15)14-17/h3-4,7-10,12,14H,2,5-6,11,13H2,1H3. The van der Waals surface area contributed by atoms with Gasteiger partial charge in [-0.3, -0.25) is 4.74 Å². The van der Waals surface area contributed by atoms with E-state index in [-0.39, 0.29) is 12.0 Å². The largest absolute Gasteiger partial charge is 0.522 e. The second-order valence-corrected chi connectivity index (χ2v) is 5.91. The maximum absolute atomic E-state index is 11.9. The highest BCUT2D eigenvalue weighted by Gasteiger charge is 2.28. The lowest BCUT2D eigenvalue weighted by Gasteiger charge is -2.21. The minimum Gasteiger partial charge on any atom is -0.292 e. The summed E-state index contributed by atoms with van der Waals surface area (Å²) >= 11 is 0. The number of fused-ring (bicyclic) bond motifs is 1. The topological polar surface area (TPSA) is 9.23 Å². The summed E-state index contributed by atoms with van der Waals surface area (Å²) in [5.74, 6) is 0. The zero-order valence-corrected chi connectivity index (χ0v) is 12.7. The van der Waals surface area contributed by atoms with Crippen molar-refractivity contribution in [2.75, 3.05) is 6.61 Å². The Labute approximate surface area is 128 Å². The first-order chi connectivity index (χ1) is 10.4. The Balaban J connectivity index is 1.86. The Morgan fingerprint density at radius 3 is 2.50 bits per heavy atom. The van der Waals surface area contributed by atoms with Crippen LogP contribution in [0.4, 0.5) is 13.2 Å². The highest BCUT2D eigenvalue weighted by molar-refractivity contribution is 5.48. The SMILES string of the molecule is CC1(CCCCCOC(F)(F)F)C=CC=c2ccccc2=C1. The molecule has 4 heteroatoms. The van der Waals surface area contributed by atoms with Crippen LogP contribution in [0.3, 0.4) is 0 Å². The Bertz CT molecular complexity index is 630. The van der Waals surface area contributed by atoms with Crippen molar-refractivity contribution in [1.82, 2.24) is 0 Å². The molecule has 0 radical (unpaired) electrons. The summed E-state index contributed by atoms with van der Waals surface area (Å²) in [6.07, 6.45) is 7.01. The first-order valence-corrected chi connectivity index (χ1v) is 7.56. The third-order valence-electron chi connectivity index (χ3n) is 3.86. The molecular formula is C18H21F3O. The van der Waals surface area contributed by atoms with Crippen LogP contribution in [0.15, 0.2) is 36.4 Å². The van der Waals surface area contributed by atoms with Crippen LogP contribution in [0.1, 0.15) is 32.6 Å². The van der Waals surface area contributed by atoms with Gasteiger partial charge < -0.3 is 0 Å². The highest BCUT2D eigenvalue weighted by Crippen LogP contribution is 2.29. The first-order valence-electron chi connectivity index (χ1n) is 7.56. The second-order valence-electron chi connectivity index (χ2n) is 5.91. The highest BCUT2D eigenvalue weighted by atomic mass is 19.4. The Kier molecular flexibility index (Phi) is 5.46. The minimum absolute atomic E-state index is 0.0615. The molecular weight excluding hydrogens is 289 g/mol. The van der Waals surface area contributed by atoms with Gasteiger partial charge in [-0.1, -0.05) is 68.3 Å². The number of hydrogen-bond acceptors (Lipinski definition) is 1. The van der Waals surface area contributed by atoms with E-state index < -0.39 is 6.36 Å². The molecule has 0 aliphatic heterocycles. The molecule has 120 valence electrons. The molecule has 1 atom stereocenters. The molecule has 0 amide bonds. The molecule has 1 aromatic rings. The van der Waals surface area contributed by atoms with Crippen LogP contribution in [0.2, 0.25) is 0 Å². The number of halogens is 3. The van der Waals surface area contributed by atoms with E-state index in [1.54, 1.807) is 0 Å².